The van der Waals surface area contributed by atoms with Gasteiger partial charge in [0, 0.05) is 16.8 Å². The summed E-state index contributed by atoms with van der Waals surface area (Å²) in [4.78, 5) is 14.8. The van der Waals surface area contributed by atoms with Crippen LogP contribution in [-0.4, -0.2) is 25.9 Å². The molecule has 0 aliphatic rings. The first-order valence-corrected chi connectivity index (χ1v) is 9.89. The van der Waals surface area contributed by atoms with Gasteiger partial charge in [0.2, 0.25) is 5.91 Å². The first-order chi connectivity index (χ1) is 12.5. The minimum atomic E-state index is -0.285. The predicted molar refractivity (Wildman–Crippen MR) is 107 cm³/mol. The van der Waals surface area contributed by atoms with Crippen LogP contribution < -0.4 is 5.32 Å². The number of benzene rings is 2. The minimum Gasteiger partial charge on any atom is -0.324 e. The van der Waals surface area contributed by atoms with E-state index < -0.39 is 0 Å². The molecule has 0 aliphatic carbocycles. The van der Waals surface area contributed by atoms with Crippen molar-refractivity contribution < 1.29 is 4.79 Å². The quantitative estimate of drug-likeness (QED) is 0.639. The highest BCUT2D eigenvalue weighted by Crippen LogP contribution is 2.33. The summed E-state index contributed by atoms with van der Waals surface area (Å²) in [7, 11) is 1.90. The van der Waals surface area contributed by atoms with E-state index >= 15 is 0 Å². The van der Waals surface area contributed by atoms with Crippen molar-refractivity contribution in [2.75, 3.05) is 5.32 Å². The third-order valence-corrected chi connectivity index (χ3v) is 6.04. The summed E-state index contributed by atoms with van der Waals surface area (Å²) in [6.45, 7) is 3.76. The van der Waals surface area contributed by atoms with Crippen LogP contribution in [0.5, 0.6) is 0 Å². The summed E-state index contributed by atoms with van der Waals surface area (Å²) in [6, 6.07) is 17.9. The van der Waals surface area contributed by atoms with Crippen molar-refractivity contribution in [2.24, 2.45) is 7.05 Å². The number of carbonyl (C=O) groups is 1. The number of rotatable bonds is 6. The smallest absolute Gasteiger partial charge is 0.237 e. The van der Waals surface area contributed by atoms with Crippen LogP contribution in [0, 0.1) is 6.92 Å². The second kappa shape index (κ2) is 8.42. The third kappa shape index (κ3) is 4.47. The Labute approximate surface area is 161 Å². The second-order valence-corrected chi connectivity index (χ2v) is 8.17. The zero-order chi connectivity index (χ0) is 18.5. The zero-order valence-electron chi connectivity index (χ0n) is 14.8. The monoisotopic (exact) mass is 384 g/mol. The van der Waals surface area contributed by atoms with Crippen LogP contribution in [0.25, 0.3) is 0 Å². The lowest BCUT2D eigenvalue weighted by molar-refractivity contribution is -0.115. The van der Waals surface area contributed by atoms with Crippen molar-refractivity contribution in [2.45, 2.75) is 34.0 Å². The van der Waals surface area contributed by atoms with Crippen LogP contribution in [0.3, 0.4) is 0 Å². The lowest BCUT2D eigenvalue weighted by atomic mass is 10.3. The summed E-state index contributed by atoms with van der Waals surface area (Å²) in [5.41, 5.74) is 0.813. The fourth-order valence-corrected chi connectivity index (χ4v) is 3.99. The number of aromatic nitrogens is 3. The average molecular weight is 385 g/mol. The molecular weight excluding hydrogens is 364 g/mol. The first kappa shape index (κ1) is 18.5. The van der Waals surface area contributed by atoms with E-state index in [0.717, 1.165) is 26.5 Å². The number of thioether (sulfide) groups is 1. The Balaban J connectivity index is 1.70. The van der Waals surface area contributed by atoms with E-state index in [-0.39, 0.29) is 11.2 Å². The Morgan fingerprint density at radius 2 is 1.77 bits per heavy atom. The van der Waals surface area contributed by atoms with Gasteiger partial charge < -0.3 is 9.88 Å². The third-order valence-electron chi connectivity index (χ3n) is 3.82. The fraction of sp³-hybridized carbons (Fsp3) is 0.211. The summed E-state index contributed by atoms with van der Waals surface area (Å²) < 4.78 is 1.88. The molecule has 7 heteroatoms. The molecule has 0 saturated heterocycles. The molecule has 1 amide bonds. The van der Waals surface area contributed by atoms with Crippen LogP contribution >= 0.6 is 23.5 Å². The molecule has 26 heavy (non-hydrogen) atoms. The van der Waals surface area contributed by atoms with Gasteiger partial charge in [0.1, 0.15) is 5.82 Å². The van der Waals surface area contributed by atoms with Gasteiger partial charge >= 0.3 is 0 Å². The van der Waals surface area contributed by atoms with Crippen molar-refractivity contribution in [3.63, 3.8) is 0 Å². The Morgan fingerprint density at radius 1 is 1.08 bits per heavy atom. The highest BCUT2D eigenvalue weighted by Gasteiger charge is 2.19. The normalized spacial score (nSPS) is 12.0. The van der Waals surface area contributed by atoms with Crippen molar-refractivity contribution in [3.8, 4) is 0 Å². The van der Waals surface area contributed by atoms with Gasteiger partial charge in [-0.2, -0.15) is 0 Å². The number of hydrogen-bond acceptors (Lipinski definition) is 5. The fourth-order valence-electron chi connectivity index (χ4n) is 2.21. The van der Waals surface area contributed by atoms with Gasteiger partial charge in [0.05, 0.1) is 10.9 Å². The molecule has 1 aromatic heterocycles. The standard InChI is InChI=1S/C19H20N4OS2/c1-13(25-19-22-21-14(2)23(19)3)18(24)20-16-11-7-8-12-17(16)26-15-9-5-4-6-10-15/h4-13H,1-3H3,(H,20,24)/t13-/m0/s1. The SMILES string of the molecule is Cc1nnc(S[C@@H](C)C(=O)Nc2ccccc2Sc2ccccc2)n1C. The maximum atomic E-state index is 12.6. The summed E-state index contributed by atoms with van der Waals surface area (Å²) in [5.74, 6) is 0.765. The van der Waals surface area contributed by atoms with Crippen molar-refractivity contribution in [1.29, 1.82) is 0 Å². The number of nitrogens with zero attached hydrogens (tertiary/aromatic N) is 3. The van der Waals surface area contributed by atoms with Crippen LogP contribution in [-0.2, 0) is 11.8 Å². The number of para-hydroxylation sites is 1. The largest absolute Gasteiger partial charge is 0.324 e. The lowest BCUT2D eigenvalue weighted by Crippen LogP contribution is -2.23. The lowest BCUT2D eigenvalue weighted by Gasteiger charge is -2.14. The molecule has 1 N–H and O–H groups in total. The maximum Gasteiger partial charge on any atom is 0.237 e. The number of anilines is 1. The molecule has 0 saturated carbocycles. The molecule has 0 radical (unpaired) electrons. The highest BCUT2D eigenvalue weighted by molar-refractivity contribution is 8.00. The number of hydrogen-bond donors (Lipinski definition) is 1. The van der Waals surface area contributed by atoms with Gasteiger partial charge in [-0.25, -0.2) is 0 Å². The van der Waals surface area contributed by atoms with Gasteiger partial charge in [-0.05, 0) is 38.1 Å². The molecule has 0 aliphatic heterocycles. The van der Waals surface area contributed by atoms with E-state index in [9.17, 15) is 4.79 Å². The Morgan fingerprint density at radius 3 is 2.46 bits per heavy atom. The van der Waals surface area contributed by atoms with Crippen LogP contribution in [0.1, 0.15) is 12.7 Å². The maximum absolute atomic E-state index is 12.6. The van der Waals surface area contributed by atoms with E-state index in [1.54, 1.807) is 11.8 Å². The minimum absolute atomic E-state index is 0.0586. The van der Waals surface area contributed by atoms with Gasteiger partial charge in [-0.3, -0.25) is 4.79 Å². The van der Waals surface area contributed by atoms with Crippen molar-refractivity contribution in [1.82, 2.24) is 14.8 Å². The number of amides is 1. The Kier molecular flexibility index (Phi) is 6.00. The molecular formula is C19H20N4OS2. The van der Waals surface area contributed by atoms with Crippen LogP contribution in [0.2, 0.25) is 0 Å². The van der Waals surface area contributed by atoms with Crippen molar-refractivity contribution >= 4 is 35.1 Å². The Bertz CT molecular complexity index is 896. The van der Waals surface area contributed by atoms with E-state index in [0.29, 0.717) is 0 Å². The van der Waals surface area contributed by atoms with E-state index in [2.05, 4.69) is 27.6 Å². The molecule has 0 spiro atoms. The molecule has 0 bridgehead atoms. The zero-order valence-corrected chi connectivity index (χ0v) is 16.5. The van der Waals surface area contributed by atoms with E-state index in [4.69, 9.17) is 0 Å². The summed E-state index contributed by atoms with van der Waals surface area (Å²) in [5, 5.41) is 11.6. The van der Waals surface area contributed by atoms with E-state index in [1.807, 2.05) is 67.9 Å². The Hall–Kier alpha value is -2.25. The van der Waals surface area contributed by atoms with E-state index in [1.165, 1.54) is 11.8 Å². The average Bonchev–Trinajstić information content (AvgIpc) is 2.96. The van der Waals surface area contributed by atoms with Gasteiger partial charge in [-0.1, -0.05) is 53.9 Å². The first-order valence-electron chi connectivity index (χ1n) is 8.20. The predicted octanol–water partition coefficient (Wildman–Crippen LogP) is 4.39. The number of carbonyl (C=O) groups excluding carboxylic acids is 1. The molecule has 1 heterocycles. The topological polar surface area (TPSA) is 59.8 Å². The molecule has 134 valence electrons. The molecule has 0 fully saturated rings. The second-order valence-electron chi connectivity index (χ2n) is 5.75. The van der Waals surface area contributed by atoms with Gasteiger partial charge in [-0.15, -0.1) is 10.2 Å². The molecule has 1 atom stereocenters. The van der Waals surface area contributed by atoms with Crippen LogP contribution in [0.4, 0.5) is 5.69 Å². The van der Waals surface area contributed by atoms with Crippen molar-refractivity contribution in [3.05, 3.63) is 60.4 Å². The number of nitrogens with one attached hydrogen (secondary N) is 1. The number of aryl methyl sites for hydroxylation is 1. The summed E-state index contributed by atoms with van der Waals surface area (Å²) in [6.07, 6.45) is 0. The van der Waals surface area contributed by atoms with Gasteiger partial charge in [0.25, 0.3) is 0 Å². The molecule has 3 aromatic rings. The van der Waals surface area contributed by atoms with Gasteiger partial charge in [0.15, 0.2) is 5.16 Å². The molecule has 5 nitrogen and oxygen atoms in total. The molecule has 0 unspecified atom stereocenters. The van der Waals surface area contributed by atoms with Crippen LogP contribution in [0.15, 0.2) is 69.5 Å². The molecule has 2 aromatic carbocycles. The molecule has 3 rings (SSSR count). The highest BCUT2D eigenvalue weighted by atomic mass is 32.2. The summed E-state index contributed by atoms with van der Waals surface area (Å²) >= 11 is 3.03.